The molecule has 3 heterocycles. The molecule has 1 aliphatic heterocycles. The Morgan fingerprint density at radius 2 is 1.54 bits per heavy atom. The van der Waals surface area contributed by atoms with Crippen molar-refractivity contribution in [1.29, 1.82) is 0 Å². The number of hydrogen-bond acceptors (Lipinski definition) is 6. The lowest BCUT2D eigenvalue weighted by atomic mass is 10.1. The van der Waals surface area contributed by atoms with Crippen molar-refractivity contribution < 1.29 is 14.3 Å². The van der Waals surface area contributed by atoms with Gasteiger partial charge in [0.1, 0.15) is 11.4 Å². The Balaban J connectivity index is 1.38. The Labute approximate surface area is 222 Å². The predicted molar refractivity (Wildman–Crippen MR) is 146 cm³/mol. The zero-order valence-electron chi connectivity index (χ0n) is 20.9. The molecule has 1 N–H and O–H groups in total. The van der Waals surface area contributed by atoms with Crippen LogP contribution in [0, 0.1) is 5.82 Å². The fourth-order valence-electron chi connectivity index (χ4n) is 5.04. The van der Waals surface area contributed by atoms with Crippen molar-refractivity contribution in [1.82, 2.24) is 19.6 Å². The molecule has 39 heavy (non-hydrogen) atoms. The third kappa shape index (κ3) is 4.72. The largest absolute Gasteiger partial charge is 0.477 e. The number of fused-ring (bicyclic) bond motifs is 1. The Morgan fingerprint density at radius 1 is 0.872 bits per heavy atom. The average Bonchev–Trinajstić information content (AvgIpc) is 3.47. The number of anilines is 2. The Kier molecular flexibility index (Phi) is 6.28. The van der Waals surface area contributed by atoms with Gasteiger partial charge in [-0.05, 0) is 42.0 Å². The Morgan fingerprint density at radius 3 is 2.21 bits per heavy atom. The van der Waals surface area contributed by atoms with Gasteiger partial charge in [0, 0.05) is 49.1 Å². The van der Waals surface area contributed by atoms with Gasteiger partial charge in [-0.15, -0.1) is 0 Å². The third-order valence-electron chi connectivity index (χ3n) is 7.05. The minimum atomic E-state index is -1.36. The van der Waals surface area contributed by atoms with Gasteiger partial charge in [0.05, 0.1) is 30.1 Å². The van der Waals surface area contributed by atoms with Crippen molar-refractivity contribution in [3.05, 3.63) is 112 Å². The van der Waals surface area contributed by atoms with Crippen LogP contribution >= 0.6 is 0 Å². The van der Waals surface area contributed by atoms with E-state index in [0.717, 1.165) is 30.4 Å². The summed E-state index contributed by atoms with van der Waals surface area (Å²) >= 11 is 0. The van der Waals surface area contributed by atoms with Gasteiger partial charge in [-0.1, -0.05) is 30.3 Å². The second-order valence-corrected chi connectivity index (χ2v) is 9.40. The highest BCUT2D eigenvalue weighted by atomic mass is 19.1. The maximum absolute atomic E-state index is 15.4. The molecule has 0 amide bonds. The molecule has 9 nitrogen and oxygen atoms in total. The Hall–Kier alpha value is -4.99. The SMILES string of the molecule is O=C(O)c1cn(-c2ccc(Cn3nccn3)cc2)c2cc(N3CCN(c4ccccc4)CC3)c(F)cc2c1=O. The van der Waals surface area contributed by atoms with E-state index in [9.17, 15) is 14.7 Å². The number of aromatic nitrogens is 4. The number of carboxylic acids is 1. The van der Waals surface area contributed by atoms with Crippen LogP contribution in [0.2, 0.25) is 0 Å². The minimum absolute atomic E-state index is 0.0175. The number of halogens is 1. The fraction of sp³-hybridized carbons (Fsp3) is 0.172. The number of para-hydroxylation sites is 1. The van der Waals surface area contributed by atoms with E-state index in [1.165, 1.54) is 6.20 Å². The summed E-state index contributed by atoms with van der Waals surface area (Å²) in [4.78, 5) is 30.7. The number of hydrogen-bond donors (Lipinski definition) is 1. The van der Waals surface area contributed by atoms with Crippen LogP contribution in [0.4, 0.5) is 15.8 Å². The van der Waals surface area contributed by atoms with Gasteiger partial charge in [-0.2, -0.15) is 15.0 Å². The topological polar surface area (TPSA) is 96.5 Å². The van der Waals surface area contributed by atoms with Crippen LogP contribution < -0.4 is 15.2 Å². The molecule has 0 saturated carbocycles. The number of piperazine rings is 1. The molecule has 1 aliphatic rings. The lowest BCUT2D eigenvalue weighted by molar-refractivity contribution is 0.0695. The van der Waals surface area contributed by atoms with Crippen molar-refractivity contribution in [2.45, 2.75) is 6.54 Å². The summed E-state index contributed by atoms with van der Waals surface area (Å²) < 4.78 is 17.1. The molecule has 0 unspecified atom stereocenters. The van der Waals surface area contributed by atoms with Crippen LogP contribution in [0.5, 0.6) is 0 Å². The van der Waals surface area contributed by atoms with Crippen molar-refractivity contribution in [2.24, 2.45) is 0 Å². The standard InChI is InChI=1S/C29H25FN6O3/c30-25-16-23-26(17-27(25)34-14-12-33(13-15-34)21-4-2-1-3-5-21)35(19-24(28(23)37)29(38)39)22-8-6-20(7-9-22)18-36-31-10-11-32-36/h1-11,16-17,19H,12-15,18H2,(H,38,39). The average molecular weight is 525 g/mol. The summed E-state index contributed by atoms with van der Waals surface area (Å²) in [5.41, 5.74) is 2.40. The molecular weight excluding hydrogens is 499 g/mol. The number of nitrogens with zero attached hydrogens (tertiary/aromatic N) is 6. The molecular formula is C29H25FN6O3. The first-order valence-corrected chi connectivity index (χ1v) is 12.6. The van der Waals surface area contributed by atoms with Gasteiger partial charge in [0.25, 0.3) is 0 Å². The number of carbonyl (C=O) groups is 1. The first kappa shape index (κ1) is 24.4. The van der Waals surface area contributed by atoms with Crippen molar-refractivity contribution in [2.75, 3.05) is 36.0 Å². The molecule has 2 aromatic heterocycles. The van der Waals surface area contributed by atoms with Gasteiger partial charge < -0.3 is 19.5 Å². The van der Waals surface area contributed by atoms with Crippen molar-refractivity contribution >= 4 is 28.2 Å². The highest BCUT2D eigenvalue weighted by molar-refractivity contribution is 5.94. The summed E-state index contributed by atoms with van der Waals surface area (Å²) in [6.07, 6.45) is 4.52. The highest BCUT2D eigenvalue weighted by Gasteiger charge is 2.23. The predicted octanol–water partition coefficient (Wildman–Crippen LogP) is 3.79. The van der Waals surface area contributed by atoms with E-state index in [0.29, 0.717) is 36.5 Å². The van der Waals surface area contributed by atoms with Crippen LogP contribution in [0.1, 0.15) is 15.9 Å². The quantitative estimate of drug-likeness (QED) is 0.361. The van der Waals surface area contributed by atoms with E-state index >= 15 is 4.39 Å². The van der Waals surface area contributed by atoms with E-state index < -0.39 is 22.8 Å². The molecule has 3 aromatic carbocycles. The van der Waals surface area contributed by atoms with E-state index in [1.807, 2.05) is 47.4 Å². The monoisotopic (exact) mass is 524 g/mol. The highest BCUT2D eigenvalue weighted by Crippen LogP contribution is 2.29. The van der Waals surface area contributed by atoms with E-state index in [-0.39, 0.29) is 5.39 Å². The molecule has 0 radical (unpaired) electrons. The number of benzene rings is 3. The number of rotatable bonds is 6. The molecule has 196 valence electrons. The summed E-state index contributed by atoms with van der Waals surface area (Å²) in [6.45, 7) is 3.12. The lowest BCUT2D eigenvalue weighted by Gasteiger charge is -2.37. The maximum atomic E-state index is 15.4. The molecule has 0 aliphatic carbocycles. The second kappa shape index (κ2) is 10.1. The molecule has 6 rings (SSSR count). The molecule has 0 bridgehead atoms. The zero-order chi connectivity index (χ0) is 26.9. The third-order valence-corrected chi connectivity index (χ3v) is 7.05. The number of carboxylic acid groups (broad SMARTS) is 1. The minimum Gasteiger partial charge on any atom is -0.477 e. The molecule has 1 fully saturated rings. The first-order chi connectivity index (χ1) is 19.0. The van der Waals surface area contributed by atoms with Crippen LogP contribution in [-0.4, -0.2) is 56.8 Å². The normalized spacial score (nSPS) is 13.7. The summed E-state index contributed by atoms with van der Waals surface area (Å²) in [7, 11) is 0. The lowest BCUT2D eigenvalue weighted by Crippen LogP contribution is -2.46. The molecule has 5 aromatic rings. The van der Waals surface area contributed by atoms with Crippen LogP contribution in [0.15, 0.2) is 90.1 Å². The molecule has 1 saturated heterocycles. The van der Waals surface area contributed by atoms with E-state index in [4.69, 9.17) is 0 Å². The molecule has 10 heteroatoms. The summed E-state index contributed by atoms with van der Waals surface area (Å²) in [6, 6.07) is 20.3. The van der Waals surface area contributed by atoms with Crippen molar-refractivity contribution in [3.8, 4) is 5.69 Å². The van der Waals surface area contributed by atoms with Crippen LogP contribution in [0.3, 0.4) is 0 Å². The van der Waals surface area contributed by atoms with Gasteiger partial charge in [-0.25, -0.2) is 9.18 Å². The Bertz CT molecular complexity index is 1690. The van der Waals surface area contributed by atoms with Crippen LogP contribution in [-0.2, 0) is 6.54 Å². The van der Waals surface area contributed by atoms with E-state index in [1.54, 1.807) is 27.8 Å². The van der Waals surface area contributed by atoms with E-state index in [2.05, 4.69) is 27.2 Å². The van der Waals surface area contributed by atoms with Gasteiger partial charge >= 0.3 is 5.97 Å². The number of pyridine rings is 1. The zero-order valence-corrected chi connectivity index (χ0v) is 20.9. The number of aromatic carboxylic acids is 1. The van der Waals surface area contributed by atoms with Gasteiger partial charge in [0.15, 0.2) is 0 Å². The smallest absolute Gasteiger partial charge is 0.341 e. The summed E-state index contributed by atoms with van der Waals surface area (Å²) in [5, 5.41) is 17.9. The fourth-order valence-corrected chi connectivity index (χ4v) is 5.04. The van der Waals surface area contributed by atoms with Crippen molar-refractivity contribution in [3.63, 3.8) is 0 Å². The first-order valence-electron chi connectivity index (χ1n) is 12.6. The molecule has 0 spiro atoms. The van der Waals surface area contributed by atoms with Gasteiger partial charge in [-0.3, -0.25) is 4.79 Å². The maximum Gasteiger partial charge on any atom is 0.341 e. The second-order valence-electron chi connectivity index (χ2n) is 9.40. The van der Waals surface area contributed by atoms with Crippen LogP contribution in [0.25, 0.3) is 16.6 Å². The van der Waals surface area contributed by atoms with Gasteiger partial charge in [0.2, 0.25) is 5.43 Å². The molecule has 0 atom stereocenters. The summed E-state index contributed by atoms with van der Waals surface area (Å²) in [5.74, 6) is -1.91.